The normalized spacial score (nSPS) is 8.89. The molecule has 0 N–H and O–H groups in total. The van der Waals surface area contributed by atoms with Gasteiger partial charge in [-0.3, -0.25) is 0 Å². The average molecular weight is 116 g/mol. The number of allylic oxidation sites excluding steroid dienone is 1. The van der Waals surface area contributed by atoms with Crippen LogP contribution in [0.2, 0.25) is 0 Å². The smallest absolute Gasteiger partial charge is 0.00938 e. The highest BCUT2D eigenvalue weighted by Gasteiger charge is 1.83. The van der Waals surface area contributed by atoms with E-state index >= 15 is 0 Å². The third-order valence-electron chi connectivity index (χ3n) is 1.07. The molecule has 0 aliphatic carbocycles. The van der Waals surface area contributed by atoms with Gasteiger partial charge in [0.25, 0.3) is 0 Å². The van der Waals surface area contributed by atoms with E-state index in [1.165, 1.54) is 0 Å². The molecule has 0 bridgehead atoms. The van der Waals surface area contributed by atoms with Crippen LogP contribution < -0.4 is 0 Å². The molecule has 0 atom stereocenters. The molecular weight excluding hydrogens is 108 g/mol. The molecule has 0 unspecified atom stereocenters. The Balaban J connectivity index is 2.72. The van der Waals surface area contributed by atoms with Crippen molar-refractivity contribution >= 4 is 0 Å². The van der Waals surface area contributed by atoms with Crippen molar-refractivity contribution in [3.63, 3.8) is 0 Å². The van der Waals surface area contributed by atoms with Crippen LogP contribution in [-0.4, -0.2) is 0 Å². The summed E-state index contributed by atoms with van der Waals surface area (Å²) in [5.41, 5.74) is 1.15. The van der Waals surface area contributed by atoms with Gasteiger partial charge >= 0.3 is 0 Å². The van der Waals surface area contributed by atoms with Crippen LogP contribution in [0.4, 0.5) is 0 Å². The summed E-state index contributed by atoms with van der Waals surface area (Å²) in [6, 6.07) is 11.7. The Kier molecular flexibility index (Phi) is 2.08. The van der Waals surface area contributed by atoms with Crippen LogP contribution in [0.15, 0.2) is 30.9 Å². The van der Waals surface area contributed by atoms with E-state index in [9.17, 15) is 0 Å². The highest BCUT2D eigenvalue weighted by atomic mass is 13.9. The minimum Gasteiger partial charge on any atom is -0.103 e. The second-order valence-electron chi connectivity index (χ2n) is 1.81. The fourth-order valence-electron chi connectivity index (χ4n) is 0.661. The van der Waals surface area contributed by atoms with Crippen molar-refractivity contribution in [2.75, 3.05) is 0 Å². The molecule has 0 aromatic heterocycles. The molecule has 0 saturated carbocycles. The second-order valence-corrected chi connectivity index (χ2v) is 1.81. The van der Waals surface area contributed by atoms with Crippen LogP contribution in [0, 0.1) is 12.1 Å². The number of benzene rings is 1. The summed E-state index contributed by atoms with van der Waals surface area (Å²) in [6.45, 7) is 3.62. The Hall–Kier alpha value is -1.04. The van der Waals surface area contributed by atoms with Gasteiger partial charge in [0.1, 0.15) is 0 Å². The number of hydrogen-bond donors (Lipinski definition) is 0. The summed E-state index contributed by atoms with van der Waals surface area (Å²) in [7, 11) is 0. The van der Waals surface area contributed by atoms with E-state index in [4.69, 9.17) is 0 Å². The summed E-state index contributed by atoms with van der Waals surface area (Å²) < 4.78 is 0. The van der Waals surface area contributed by atoms with Gasteiger partial charge in [0.05, 0.1) is 0 Å². The zero-order valence-electron chi connectivity index (χ0n) is 5.22. The van der Waals surface area contributed by atoms with Crippen LogP contribution >= 0.6 is 0 Å². The molecule has 0 amide bonds. The van der Waals surface area contributed by atoms with E-state index in [0.717, 1.165) is 12.0 Å². The van der Waals surface area contributed by atoms with E-state index in [2.05, 4.69) is 18.7 Å². The Morgan fingerprint density at radius 1 is 1.56 bits per heavy atom. The summed E-state index contributed by atoms with van der Waals surface area (Å²) in [5, 5.41) is 0. The molecule has 2 radical (unpaired) electrons. The molecule has 9 heavy (non-hydrogen) atoms. The van der Waals surface area contributed by atoms with E-state index in [0.29, 0.717) is 0 Å². The van der Waals surface area contributed by atoms with Gasteiger partial charge in [0.2, 0.25) is 0 Å². The van der Waals surface area contributed by atoms with Crippen molar-refractivity contribution < 1.29 is 0 Å². The Morgan fingerprint density at radius 2 is 2.44 bits per heavy atom. The van der Waals surface area contributed by atoms with Gasteiger partial charge < -0.3 is 0 Å². The molecule has 0 saturated heterocycles. The number of rotatable bonds is 2. The minimum absolute atomic E-state index is 0.886. The lowest BCUT2D eigenvalue weighted by Gasteiger charge is -1.89. The van der Waals surface area contributed by atoms with E-state index in [1.807, 2.05) is 24.3 Å². The molecule has 0 aliphatic rings. The molecule has 0 fully saturated rings. The zero-order valence-corrected chi connectivity index (χ0v) is 5.22. The molecule has 0 spiro atoms. The largest absolute Gasteiger partial charge is 0.103 e. The maximum atomic E-state index is 3.62. The molecule has 1 aromatic rings. The van der Waals surface area contributed by atoms with Crippen molar-refractivity contribution in [1.82, 2.24) is 0 Å². The summed E-state index contributed by atoms with van der Waals surface area (Å²) in [4.78, 5) is 0. The van der Waals surface area contributed by atoms with Gasteiger partial charge in [0.15, 0.2) is 0 Å². The molecule has 0 nitrogen and oxygen atoms in total. The van der Waals surface area contributed by atoms with Crippen molar-refractivity contribution in [2.24, 2.45) is 0 Å². The van der Waals surface area contributed by atoms with Gasteiger partial charge in [-0.1, -0.05) is 24.3 Å². The van der Waals surface area contributed by atoms with Crippen LogP contribution in [-0.2, 0) is 6.42 Å². The molecule has 1 aromatic carbocycles. The lowest BCUT2D eigenvalue weighted by molar-refractivity contribution is 1.27. The zero-order chi connectivity index (χ0) is 6.53. The van der Waals surface area contributed by atoms with E-state index in [1.54, 1.807) is 0 Å². The topological polar surface area (TPSA) is 0 Å². The first-order chi connectivity index (χ1) is 4.43. The Morgan fingerprint density at radius 3 is 3.00 bits per heavy atom. The van der Waals surface area contributed by atoms with E-state index < -0.39 is 0 Å². The van der Waals surface area contributed by atoms with Gasteiger partial charge in [-0.05, 0) is 24.1 Å². The quantitative estimate of drug-likeness (QED) is 0.518. The lowest BCUT2D eigenvalue weighted by atomic mass is 10.2. The van der Waals surface area contributed by atoms with E-state index in [-0.39, 0.29) is 0 Å². The molecule has 1 rings (SSSR count). The maximum Gasteiger partial charge on any atom is -0.00938 e. The first-order valence-electron chi connectivity index (χ1n) is 2.91. The second kappa shape index (κ2) is 3.08. The van der Waals surface area contributed by atoms with Crippen LogP contribution in [0.25, 0.3) is 0 Å². The average Bonchev–Trinajstić information content (AvgIpc) is 1.91. The molecule has 0 heteroatoms. The van der Waals surface area contributed by atoms with Crippen molar-refractivity contribution in [1.29, 1.82) is 0 Å². The molecule has 44 valence electrons. The lowest BCUT2D eigenvalue weighted by Crippen LogP contribution is -1.77. The first kappa shape index (κ1) is 6.09. The summed E-state index contributed by atoms with van der Waals surface area (Å²) in [6.07, 6.45) is 2.75. The first-order valence-corrected chi connectivity index (χ1v) is 2.91. The third-order valence-corrected chi connectivity index (χ3v) is 1.07. The highest BCUT2D eigenvalue weighted by Crippen LogP contribution is 1.96. The van der Waals surface area contributed by atoms with Crippen molar-refractivity contribution in [2.45, 2.75) is 6.42 Å². The molecule has 0 aliphatic heterocycles. The Labute approximate surface area is 55.8 Å². The SMILES string of the molecule is C=CCc1[c]cc[c]c1. The van der Waals surface area contributed by atoms with Crippen LogP contribution in [0.5, 0.6) is 0 Å². The molecule has 0 heterocycles. The third kappa shape index (κ3) is 1.73. The molecular formula is C9H8. The van der Waals surface area contributed by atoms with Crippen molar-refractivity contribution in [3.8, 4) is 0 Å². The standard InChI is InChI=1S/C9H8/c1-2-6-9-7-4-3-5-8-9/h2-4,8H,1,6H2. The van der Waals surface area contributed by atoms with Gasteiger partial charge in [-0.15, -0.1) is 6.58 Å². The van der Waals surface area contributed by atoms with Crippen LogP contribution in [0.1, 0.15) is 5.56 Å². The monoisotopic (exact) mass is 116 g/mol. The van der Waals surface area contributed by atoms with Crippen LogP contribution in [0.3, 0.4) is 0 Å². The predicted molar refractivity (Wildman–Crippen MR) is 38.0 cm³/mol. The van der Waals surface area contributed by atoms with Gasteiger partial charge in [0, 0.05) is 0 Å². The fraction of sp³-hybridized carbons (Fsp3) is 0.111. The predicted octanol–water partition coefficient (Wildman–Crippen LogP) is 2.02. The van der Waals surface area contributed by atoms with Gasteiger partial charge in [-0.2, -0.15) is 0 Å². The maximum absolute atomic E-state index is 3.62. The van der Waals surface area contributed by atoms with Gasteiger partial charge in [-0.25, -0.2) is 0 Å². The summed E-state index contributed by atoms with van der Waals surface area (Å²) >= 11 is 0. The highest BCUT2D eigenvalue weighted by molar-refractivity contribution is 5.14. The fourth-order valence-corrected chi connectivity index (χ4v) is 0.661. The summed E-state index contributed by atoms with van der Waals surface area (Å²) in [5.74, 6) is 0. The minimum atomic E-state index is 0.886. The number of hydrogen-bond acceptors (Lipinski definition) is 0. The Bertz CT molecular complexity index is 174. The van der Waals surface area contributed by atoms with Crippen molar-refractivity contribution in [3.05, 3.63) is 48.6 Å².